The first-order valence-electron chi connectivity index (χ1n) is 8.37. The SMILES string of the molecule is O=C(O)C(F)(F)F.O=C(O)CCSSCCNC(=O)[C@@H]1CCCC[C@@H]1C(F)(F)F. The molecule has 1 aliphatic rings. The van der Waals surface area contributed by atoms with E-state index in [1.54, 1.807) is 0 Å². The molecule has 1 amide bonds. The van der Waals surface area contributed by atoms with Crippen LogP contribution in [-0.2, 0) is 14.4 Å². The topological polar surface area (TPSA) is 104 Å². The molecule has 29 heavy (non-hydrogen) atoms. The Morgan fingerprint density at radius 2 is 1.45 bits per heavy atom. The third-order valence-electron chi connectivity index (χ3n) is 3.73. The molecule has 3 N–H and O–H groups in total. The van der Waals surface area contributed by atoms with E-state index < -0.39 is 42.0 Å². The highest BCUT2D eigenvalue weighted by Crippen LogP contribution is 2.41. The maximum Gasteiger partial charge on any atom is 0.490 e. The van der Waals surface area contributed by atoms with Crippen LogP contribution in [0.5, 0.6) is 0 Å². The molecule has 0 bridgehead atoms. The fourth-order valence-electron chi connectivity index (χ4n) is 2.43. The van der Waals surface area contributed by atoms with Gasteiger partial charge in [-0.1, -0.05) is 34.4 Å². The summed E-state index contributed by atoms with van der Waals surface area (Å²) < 4.78 is 70.5. The van der Waals surface area contributed by atoms with E-state index in [4.69, 9.17) is 15.0 Å². The molecule has 1 aliphatic carbocycles. The first-order valence-corrected chi connectivity index (χ1v) is 10.9. The van der Waals surface area contributed by atoms with Crippen LogP contribution >= 0.6 is 21.6 Å². The quantitative estimate of drug-likeness (QED) is 0.279. The van der Waals surface area contributed by atoms with Gasteiger partial charge in [0.25, 0.3) is 0 Å². The molecule has 1 saturated carbocycles. The van der Waals surface area contributed by atoms with Gasteiger partial charge in [-0.25, -0.2) is 4.79 Å². The van der Waals surface area contributed by atoms with Crippen LogP contribution in [0.1, 0.15) is 32.1 Å². The van der Waals surface area contributed by atoms with Gasteiger partial charge in [-0.3, -0.25) is 9.59 Å². The minimum Gasteiger partial charge on any atom is -0.481 e. The standard InChI is InChI=1S/C13H20F3NO3S2.C2HF3O2/c14-13(15,16)10-4-2-1-3-9(10)12(20)17-6-8-22-21-7-5-11(18)19;3-2(4,5)1(6)7/h9-10H,1-8H2,(H,17,20)(H,18,19);(H,6,7)/t9-,10+;/m1./s1. The predicted octanol–water partition coefficient (Wildman–Crippen LogP) is 3.96. The van der Waals surface area contributed by atoms with Gasteiger partial charge in [0.05, 0.1) is 12.3 Å². The van der Waals surface area contributed by atoms with Gasteiger partial charge < -0.3 is 15.5 Å². The lowest BCUT2D eigenvalue weighted by Crippen LogP contribution is -2.43. The van der Waals surface area contributed by atoms with E-state index in [1.807, 2.05) is 0 Å². The Morgan fingerprint density at radius 3 is 1.93 bits per heavy atom. The highest BCUT2D eigenvalue weighted by molar-refractivity contribution is 8.76. The maximum absolute atomic E-state index is 12.9. The Balaban J connectivity index is 0.000000956. The number of carbonyl (C=O) groups is 3. The molecule has 1 rings (SSSR count). The van der Waals surface area contributed by atoms with E-state index in [9.17, 15) is 35.9 Å². The molecule has 6 nitrogen and oxygen atoms in total. The Labute approximate surface area is 170 Å². The third kappa shape index (κ3) is 12.8. The second kappa shape index (κ2) is 13.1. The predicted molar refractivity (Wildman–Crippen MR) is 95.4 cm³/mol. The molecule has 14 heteroatoms. The molecule has 0 spiro atoms. The van der Waals surface area contributed by atoms with Crippen LogP contribution in [0, 0.1) is 11.8 Å². The molecule has 0 radical (unpaired) electrons. The van der Waals surface area contributed by atoms with Crippen molar-refractivity contribution in [3.63, 3.8) is 0 Å². The number of nitrogens with one attached hydrogen (secondary N) is 1. The van der Waals surface area contributed by atoms with Crippen molar-refractivity contribution in [1.29, 1.82) is 0 Å². The molecule has 2 atom stereocenters. The number of carboxylic acid groups (broad SMARTS) is 2. The Morgan fingerprint density at radius 1 is 0.931 bits per heavy atom. The number of aliphatic carboxylic acids is 2. The molecular weight excluding hydrogens is 452 g/mol. The second-order valence-corrected chi connectivity index (χ2v) is 8.62. The average molecular weight is 473 g/mol. The molecule has 0 unspecified atom stereocenters. The van der Waals surface area contributed by atoms with Crippen molar-refractivity contribution in [2.45, 2.75) is 44.5 Å². The largest absolute Gasteiger partial charge is 0.490 e. The molecule has 1 fully saturated rings. The van der Waals surface area contributed by atoms with Gasteiger partial charge in [0.1, 0.15) is 0 Å². The lowest BCUT2D eigenvalue weighted by Gasteiger charge is -2.31. The van der Waals surface area contributed by atoms with Crippen molar-refractivity contribution in [2.24, 2.45) is 11.8 Å². The van der Waals surface area contributed by atoms with Gasteiger partial charge in [-0.05, 0) is 12.8 Å². The number of halogens is 6. The van der Waals surface area contributed by atoms with Crippen LogP contribution in [0.2, 0.25) is 0 Å². The summed E-state index contributed by atoms with van der Waals surface area (Å²) in [5.74, 6) is -5.63. The van der Waals surface area contributed by atoms with Crippen LogP contribution < -0.4 is 5.32 Å². The summed E-state index contributed by atoms with van der Waals surface area (Å²) in [6, 6.07) is 0. The van der Waals surface area contributed by atoms with Gasteiger partial charge in [0.15, 0.2) is 0 Å². The minimum absolute atomic E-state index is 0.0291. The van der Waals surface area contributed by atoms with E-state index in [-0.39, 0.29) is 19.3 Å². The molecule has 0 aromatic rings. The summed E-state index contributed by atoms with van der Waals surface area (Å²) in [5, 5.41) is 18.1. The zero-order chi connectivity index (χ0) is 22.7. The van der Waals surface area contributed by atoms with Crippen molar-refractivity contribution in [1.82, 2.24) is 5.32 Å². The number of rotatable bonds is 8. The van der Waals surface area contributed by atoms with E-state index in [0.29, 0.717) is 30.9 Å². The third-order valence-corrected chi connectivity index (χ3v) is 6.14. The Hall–Kier alpha value is -1.31. The van der Waals surface area contributed by atoms with Gasteiger partial charge >= 0.3 is 24.3 Å². The molecular formula is C15H21F6NO5S2. The Kier molecular flexibility index (Phi) is 12.5. The second-order valence-electron chi connectivity index (χ2n) is 5.92. The smallest absolute Gasteiger partial charge is 0.481 e. The highest BCUT2D eigenvalue weighted by atomic mass is 33.1. The Bertz CT molecular complexity index is 544. The highest BCUT2D eigenvalue weighted by Gasteiger charge is 2.47. The van der Waals surface area contributed by atoms with Gasteiger partial charge in [0, 0.05) is 24.0 Å². The number of carboxylic acids is 2. The number of carbonyl (C=O) groups excluding carboxylic acids is 1. The van der Waals surface area contributed by atoms with E-state index in [1.165, 1.54) is 21.6 Å². The molecule has 0 aromatic heterocycles. The summed E-state index contributed by atoms with van der Waals surface area (Å²) in [5.41, 5.74) is 0. The number of amides is 1. The monoisotopic (exact) mass is 473 g/mol. The van der Waals surface area contributed by atoms with Crippen molar-refractivity contribution >= 4 is 39.4 Å². The average Bonchev–Trinajstić information content (AvgIpc) is 2.59. The zero-order valence-electron chi connectivity index (χ0n) is 15.0. The summed E-state index contributed by atoms with van der Waals surface area (Å²) in [6.07, 6.45) is -7.84. The minimum atomic E-state index is -5.08. The van der Waals surface area contributed by atoms with E-state index >= 15 is 0 Å². The summed E-state index contributed by atoms with van der Waals surface area (Å²) >= 11 is 0. The van der Waals surface area contributed by atoms with Crippen molar-refractivity contribution in [2.75, 3.05) is 18.1 Å². The van der Waals surface area contributed by atoms with E-state index in [2.05, 4.69) is 5.32 Å². The summed E-state index contributed by atoms with van der Waals surface area (Å²) in [4.78, 5) is 31.1. The number of hydrogen-bond donors (Lipinski definition) is 3. The van der Waals surface area contributed by atoms with Crippen LogP contribution in [0.3, 0.4) is 0 Å². The van der Waals surface area contributed by atoms with E-state index in [0.717, 1.165) is 0 Å². The van der Waals surface area contributed by atoms with Crippen LogP contribution in [-0.4, -0.2) is 58.5 Å². The lowest BCUT2D eigenvalue weighted by molar-refractivity contribution is -0.198. The molecule has 0 aromatic carbocycles. The van der Waals surface area contributed by atoms with Gasteiger partial charge in [0.2, 0.25) is 5.91 Å². The fourth-order valence-corrected chi connectivity index (χ4v) is 4.32. The molecule has 0 heterocycles. The normalized spacial score (nSPS) is 19.7. The van der Waals surface area contributed by atoms with Crippen LogP contribution in [0.4, 0.5) is 26.3 Å². The molecule has 0 aliphatic heterocycles. The lowest BCUT2D eigenvalue weighted by atomic mass is 9.78. The van der Waals surface area contributed by atoms with Gasteiger partial charge in [-0.15, -0.1) is 0 Å². The van der Waals surface area contributed by atoms with Crippen LogP contribution in [0.25, 0.3) is 0 Å². The molecule has 170 valence electrons. The number of alkyl halides is 6. The first-order chi connectivity index (χ1) is 13.3. The first kappa shape index (κ1) is 27.7. The van der Waals surface area contributed by atoms with Crippen molar-refractivity contribution < 1.29 is 50.9 Å². The van der Waals surface area contributed by atoms with Crippen LogP contribution in [0.15, 0.2) is 0 Å². The molecule has 0 saturated heterocycles. The van der Waals surface area contributed by atoms with Crippen molar-refractivity contribution in [3.8, 4) is 0 Å². The zero-order valence-corrected chi connectivity index (χ0v) is 16.6. The fraction of sp³-hybridized carbons (Fsp3) is 0.800. The van der Waals surface area contributed by atoms with Gasteiger partial charge in [-0.2, -0.15) is 26.3 Å². The maximum atomic E-state index is 12.9. The summed E-state index contributed by atoms with van der Waals surface area (Å²) in [6.45, 7) is 0.296. The number of hydrogen-bond acceptors (Lipinski definition) is 5. The van der Waals surface area contributed by atoms with Crippen molar-refractivity contribution in [3.05, 3.63) is 0 Å². The summed E-state index contributed by atoms with van der Waals surface area (Å²) in [7, 11) is 2.78.